The molecule has 0 bridgehead atoms. The molecule has 0 aliphatic heterocycles. The zero-order chi connectivity index (χ0) is 42.8. The van der Waals surface area contributed by atoms with Crippen LogP contribution in [0.5, 0.6) is 0 Å². The number of nitrogens with zero attached hydrogens (tertiary/aromatic N) is 1. The molecule has 2 N–H and O–H groups in total. The van der Waals surface area contributed by atoms with Gasteiger partial charge < -0.3 is 28.8 Å². The summed E-state index contributed by atoms with van der Waals surface area (Å²) >= 11 is 0. The smallest absolute Gasteiger partial charge is 0.268 e. The van der Waals surface area contributed by atoms with Gasteiger partial charge in [0.15, 0.2) is 0 Å². The monoisotopic (exact) mass is 843 g/mol. The van der Waals surface area contributed by atoms with Crippen molar-refractivity contribution >= 4 is 13.7 Å². The number of phosphoric ester groups is 1. The number of amides is 1. The van der Waals surface area contributed by atoms with Crippen molar-refractivity contribution in [2.45, 2.75) is 257 Å². The Morgan fingerprint density at radius 2 is 0.931 bits per heavy atom. The summed E-state index contributed by atoms with van der Waals surface area (Å²) in [5.41, 5.74) is 0. The molecule has 0 radical (unpaired) electrons. The van der Waals surface area contributed by atoms with Crippen molar-refractivity contribution in [1.82, 2.24) is 5.32 Å². The molecular formula is C49H99N2O6P. The third-order valence-corrected chi connectivity index (χ3v) is 12.5. The minimum Gasteiger partial charge on any atom is -0.756 e. The molecule has 0 saturated heterocycles. The lowest BCUT2D eigenvalue weighted by molar-refractivity contribution is -0.870. The van der Waals surface area contributed by atoms with Gasteiger partial charge in [0.2, 0.25) is 5.91 Å². The van der Waals surface area contributed by atoms with Crippen molar-refractivity contribution in [3.63, 3.8) is 0 Å². The molecular weight excluding hydrogens is 744 g/mol. The Morgan fingerprint density at radius 1 is 0.586 bits per heavy atom. The van der Waals surface area contributed by atoms with Gasteiger partial charge in [0, 0.05) is 6.42 Å². The number of likely N-dealkylation sites (N-methyl/N-ethyl adjacent to an activating group) is 1. The highest BCUT2D eigenvalue weighted by Gasteiger charge is 2.23. The van der Waals surface area contributed by atoms with Gasteiger partial charge in [0.1, 0.15) is 13.2 Å². The van der Waals surface area contributed by atoms with Gasteiger partial charge in [-0.15, -0.1) is 0 Å². The second-order valence-corrected chi connectivity index (χ2v) is 19.9. The predicted molar refractivity (Wildman–Crippen MR) is 247 cm³/mol. The van der Waals surface area contributed by atoms with E-state index in [0.717, 1.165) is 38.5 Å². The van der Waals surface area contributed by atoms with Crippen molar-refractivity contribution in [2.75, 3.05) is 40.9 Å². The minimum atomic E-state index is -4.58. The lowest BCUT2D eigenvalue weighted by atomic mass is 10.0. The van der Waals surface area contributed by atoms with Crippen molar-refractivity contribution < 1.29 is 32.9 Å². The van der Waals surface area contributed by atoms with E-state index >= 15 is 0 Å². The van der Waals surface area contributed by atoms with E-state index in [4.69, 9.17) is 9.05 Å². The quantitative estimate of drug-likeness (QED) is 0.0273. The number of allylic oxidation sites excluding steroid dienone is 1. The molecule has 0 spiro atoms. The van der Waals surface area contributed by atoms with Crippen molar-refractivity contribution in [3.05, 3.63) is 12.2 Å². The first-order valence-electron chi connectivity index (χ1n) is 25.1. The van der Waals surface area contributed by atoms with Crippen LogP contribution in [0.15, 0.2) is 12.2 Å². The lowest BCUT2D eigenvalue weighted by Crippen LogP contribution is -2.45. The van der Waals surface area contributed by atoms with Gasteiger partial charge in [-0.3, -0.25) is 9.36 Å². The van der Waals surface area contributed by atoms with Crippen molar-refractivity contribution in [2.24, 2.45) is 0 Å². The normalized spacial score (nSPS) is 14.3. The van der Waals surface area contributed by atoms with Crippen LogP contribution >= 0.6 is 7.82 Å². The minimum absolute atomic E-state index is 0.00224. The molecule has 1 amide bonds. The number of hydrogen-bond acceptors (Lipinski definition) is 6. The van der Waals surface area contributed by atoms with E-state index in [1.54, 1.807) is 6.08 Å². The molecule has 0 rings (SSSR count). The molecule has 0 aromatic rings. The molecule has 3 atom stereocenters. The summed E-state index contributed by atoms with van der Waals surface area (Å²) in [5.74, 6) is -0.193. The molecule has 0 aliphatic rings. The summed E-state index contributed by atoms with van der Waals surface area (Å²) in [4.78, 5) is 25.4. The molecule has 0 heterocycles. The van der Waals surface area contributed by atoms with E-state index in [1.807, 2.05) is 27.2 Å². The Bertz CT molecular complexity index is 958. The Labute approximate surface area is 361 Å². The second kappa shape index (κ2) is 41.6. The van der Waals surface area contributed by atoms with Crippen LogP contribution in [0.25, 0.3) is 0 Å². The number of quaternary nitrogens is 1. The summed E-state index contributed by atoms with van der Waals surface area (Å²) in [6, 6.07) is -0.880. The summed E-state index contributed by atoms with van der Waals surface area (Å²) in [6.07, 6.45) is 48.4. The van der Waals surface area contributed by atoms with E-state index in [1.165, 1.54) is 186 Å². The van der Waals surface area contributed by atoms with Crippen molar-refractivity contribution in [3.8, 4) is 0 Å². The number of aliphatic hydroxyl groups is 1. The summed E-state index contributed by atoms with van der Waals surface area (Å²) < 4.78 is 23.2. The summed E-state index contributed by atoms with van der Waals surface area (Å²) in [5, 5.41) is 13.8. The number of nitrogens with one attached hydrogen (secondary N) is 1. The number of phosphoric acid groups is 1. The molecule has 0 fully saturated rings. The maximum absolute atomic E-state index is 12.9. The average molecular weight is 843 g/mol. The molecule has 0 aromatic carbocycles. The number of rotatable bonds is 46. The van der Waals surface area contributed by atoms with E-state index in [-0.39, 0.29) is 19.1 Å². The Balaban J connectivity index is 4.20. The highest BCUT2D eigenvalue weighted by atomic mass is 31.2. The van der Waals surface area contributed by atoms with Gasteiger partial charge in [-0.05, 0) is 19.3 Å². The van der Waals surface area contributed by atoms with Gasteiger partial charge in [-0.2, -0.15) is 0 Å². The van der Waals surface area contributed by atoms with Crippen LogP contribution in [0.4, 0.5) is 0 Å². The van der Waals surface area contributed by atoms with Crippen LogP contribution in [0.3, 0.4) is 0 Å². The molecule has 3 unspecified atom stereocenters. The molecule has 0 saturated carbocycles. The standard InChI is InChI=1S/C49H99N2O6P/c1-6-8-10-12-14-16-18-20-21-22-23-24-25-26-27-28-29-31-33-35-37-39-41-43-49(53)50-47(46-57-58(54,55)56-45-44-51(3,4)5)48(52)42-40-38-36-34-32-30-19-17-15-13-11-9-7-2/h40,42,47-48,52H,6-39,41,43-46H2,1-5H3,(H-,50,53,54,55)/b42-40+. The zero-order valence-electron chi connectivity index (χ0n) is 39.3. The molecule has 9 heteroatoms. The Kier molecular flexibility index (Phi) is 41.0. The Hall–Kier alpha value is -0.760. The van der Waals surface area contributed by atoms with Gasteiger partial charge in [-0.1, -0.05) is 231 Å². The van der Waals surface area contributed by atoms with E-state index in [0.29, 0.717) is 17.4 Å². The maximum atomic E-state index is 12.9. The van der Waals surface area contributed by atoms with Gasteiger partial charge in [-0.25, -0.2) is 0 Å². The van der Waals surface area contributed by atoms with Gasteiger partial charge in [0.25, 0.3) is 7.82 Å². The topological polar surface area (TPSA) is 108 Å². The largest absolute Gasteiger partial charge is 0.756 e. The molecule has 0 aliphatic carbocycles. The third-order valence-electron chi connectivity index (χ3n) is 11.5. The van der Waals surface area contributed by atoms with Crippen LogP contribution in [0, 0.1) is 0 Å². The fourth-order valence-electron chi connectivity index (χ4n) is 7.51. The van der Waals surface area contributed by atoms with E-state index in [2.05, 4.69) is 19.2 Å². The number of aliphatic hydroxyl groups excluding tert-OH is 1. The number of carbonyl (C=O) groups excluding carboxylic acids is 1. The highest BCUT2D eigenvalue weighted by Crippen LogP contribution is 2.38. The predicted octanol–water partition coefficient (Wildman–Crippen LogP) is 13.7. The maximum Gasteiger partial charge on any atom is 0.268 e. The van der Waals surface area contributed by atoms with Gasteiger partial charge in [0.05, 0.1) is 39.9 Å². The van der Waals surface area contributed by atoms with Crippen LogP contribution < -0.4 is 10.2 Å². The summed E-state index contributed by atoms with van der Waals surface area (Å²) in [7, 11) is 1.27. The SMILES string of the molecule is CCCCCCCCCCCCC/C=C/C(O)C(COP(=O)([O-])OCC[N+](C)(C)C)NC(=O)CCCCCCCCCCCCCCCCCCCCCCCCC. The first kappa shape index (κ1) is 57.2. The average Bonchev–Trinajstić information content (AvgIpc) is 3.17. The van der Waals surface area contributed by atoms with E-state index in [9.17, 15) is 19.4 Å². The fraction of sp³-hybridized carbons (Fsp3) is 0.939. The third kappa shape index (κ3) is 43.3. The van der Waals surface area contributed by atoms with Crippen LogP contribution in [-0.4, -0.2) is 68.5 Å². The number of unbranched alkanes of at least 4 members (excludes halogenated alkanes) is 33. The fourth-order valence-corrected chi connectivity index (χ4v) is 8.23. The molecule has 8 nitrogen and oxygen atoms in total. The zero-order valence-corrected chi connectivity index (χ0v) is 40.2. The van der Waals surface area contributed by atoms with Crippen LogP contribution in [0.1, 0.15) is 245 Å². The van der Waals surface area contributed by atoms with Crippen LogP contribution in [0.2, 0.25) is 0 Å². The molecule has 58 heavy (non-hydrogen) atoms. The molecule has 346 valence electrons. The summed E-state index contributed by atoms with van der Waals surface area (Å²) in [6.45, 7) is 4.67. The number of carbonyl (C=O) groups is 1. The lowest BCUT2D eigenvalue weighted by Gasteiger charge is -2.29. The van der Waals surface area contributed by atoms with Crippen LogP contribution in [-0.2, 0) is 18.4 Å². The first-order valence-corrected chi connectivity index (χ1v) is 26.5. The van der Waals surface area contributed by atoms with Gasteiger partial charge >= 0.3 is 0 Å². The first-order chi connectivity index (χ1) is 28.0. The Morgan fingerprint density at radius 3 is 1.29 bits per heavy atom. The second-order valence-electron chi connectivity index (χ2n) is 18.5. The molecule has 0 aromatic heterocycles. The number of hydrogen-bond donors (Lipinski definition) is 2. The highest BCUT2D eigenvalue weighted by molar-refractivity contribution is 7.45. The van der Waals surface area contributed by atoms with Crippen molar-refractivity contribution in [1.29, 1.82) is 0 Å². The van der Waals surface area contributed by atoms with E-state index < -0.39 is 20.0 Å².